The summed E-state index contributed by atoms with van der Waals surface area (Å²) in [6, 6.07) is 15.2. The Hall–Kier alpha value is -3.07. The number of hydrogen-bond donors (Lipinski definition) is 1. The Kier molecular flexibility index (Phi) is 7.40. The molecule has 204 valence electrons. The third kappa shape index (κ3) is 6.14. The van der Waals surface area contributed by atoms with Crippen LogP contribution >= 0.6 is 0 Å². The van der Waals surface area contributed by atoms with Gasteiger partial charge in [-0.15, -0.1) is 13.2 Å². The van der Waals surface area contributed by atoms with Gasteiger partial charge in [-0.1, -0.05) is 30.3 Å². The first-order valence-corrected chi connectivity index (χ1v) is 13.4. The second-order valence-electron chi connectivity index (χ2n) is 11.0. The van der Waals surface area contributed by atoms with Crippen LogP contribution in [-0.2, 0) is 4.79 Å². The minimum Gasteiger partial charge on any atom is -0.406 e. The second-order valence-corrected chi connectivity index (χ2v) is 11.0. The number of carbonyl (C=O) groups is 2. The van der Waals surface area contributed by atoms with E-state index in [9.17, 15) is 22.8 Å². The Balaban J connectivity index is 1.15. The van der Waals surface area contributed by atoms with Crippen molar-refractivity contribution in [1.82, 2.24) is 15.1 Å². The van der Waals surface area contributed by atoms with Crippen LogP contribution in [-0.4, -0.2) is 60.2 Å². The first kappa shape index (κ1) is 26.5. The number of alkyl halides is 3. The molecule has 6 nitrogen and oxygen atoms in total. The SMILES string of the molecule is C[C@H](N[C@H](C(=O)N1CCC2(CCN(C(=O)c3ccc(OC(F)(F)F)cc3)CC2)C1)C1CC1)c1ccccc1. The highest BCUT2D eigenvalue weighted by molar-refractivity contribution is 5.94. The summed E-state index contributed by atoms with van der Waals surface area (Å²) < 4.78 is 41.1. The van der Waals surface area contributed by atoms with Crippen LogP contribution in [0.3, 0.4) is 0 Å². The van der Waals surface area contributed by atoms with E-state index in [2.05, 4.69) is 29.1 Å². The van der Waals surface area contributed by atoms with Crippen molar-refractivity contribution >= 4 is 11.8 Å². The molecular formula is C29H34F3N3O3. The third-order valence-corrected chi connectivity index (χ3v) is 8.28. The Labute approximate surface area is 221 Å². The smallest absolute Gasteiger partial charge is 0.406 e. The molecule has 0 aromatic heterocycles. The molecule has 0 unspecified atom stereocenters. The lowest BCUT2D eigenvalue weighted by atomic mass is 9.77. The molecule has 3 fully saturated rings. The standard InChI is InChI=1S/C29H34F3N3O3/c1-20(21-5-3-2-4-6-21)33-25(22-7-8-22)27(37)35-18-15-28(19-35)13-16-34(17-14-28)26(36)23-9-11-24(12-10-23)38-29(30,31)32/h2-6,9-12,20,22,25,33H,7-8,13-19H2,1H3/t20-,25-/m0/s1. The molecule has 2 aromatic rings. The fraction of sp³-hybridized carbons (Fsp3) is 0.517. The van der Waals surface area contributed by atoms with Crippen molar-refractivity contribution in [2.75, 3.05) is 26.2 Å². The van der Waals surface area contributed by atoms with Crippen LogP contribution in [0.1, 0.15) is 61.0 Å². The van der Waals surface area contributed by atoms with E-state index in [0.29, 0.717) is 31.1 Å². The van der Waals surface area contributed by atoms with Gasteiger partial charge in [0.05, 0.1) is 6.04 Å². The normalized spacial score (nSPS) is 20.8. The number of amides is 2. The summed E-state index contributed by atoms with van der Waals surface area (Å²) in [5.74, 6) is 0.0289. The Morgan fingerprint density at radius 1 is 0.947 bits per heavy atom. The molecule has 5 rings (SSSR count). The molecule has 0 bridgehead atoms. The Bertz CT molecular complexity index is 1130. The van der Waals surface area contributed by atoms with Gasteiger partial charge in [0.15, 0.2) is 0 Å². The fourth-order valence-corrected chi connectivity index (χ4v) is 5.84. The average molecular weight is 530 g/mol. The number of benzene rings is 2. The maximum atomic E-state index is 13.6. The van der Waals surface area contributed by atoms with Crippen LogP contribution in [0.15, 0.2) is 54.6 Å². The Morgan fingerprint density at radius 2 is 1.55 bits per heavy atom. The van der Waals surface area contributed by atoms with Crippen molar-refractivity contribution in [3.63, 3.8) is 0 Å². The van der Waals surface area contributed by atoms with E-state index in [1.807, 2.05) is 23.1 Å². The molecule has 1 spiro atoms. The molecule has 1 N–H and O–H groups in total. The maximum Gasteiger partial charge on any atom is 0.573 e. The summed E-state index contributed by atoms with van der Waals surface area (Å²) >= 11 is 0. The first-order valence-electron chi connectivity index (χ1n) is 13.4. The summed E-state index contributed by atoms with van der Waals surface area (Å²) in [6.07, 6.45) is -0.0813. The molecule has 2 aliphatic heterocycles. The molecule has 9 heteroatoms. The van der Waals surface area contributed by atoms with Crippen molar-refractivity contribution in [2.24, 2.45) is 11.3 Å². The average Bonchev–Trinajstić information content (AvgIpc) is 3.67. The van der Waals surface area contributed by atoms with Crippen LogP contribution in [0.25, 0.3) is 0 Å². The third-order valence-electron chi connectivity index (χ3n) is 8.28. The number of ether oxygens (including phenoxy) is 1. The second kappa shape index (κ2) is 10.6. The molecule has 2 heterocycles. The summed E-state index contributed by atoms with van der Waals surface area (Å²) in [5, 5.41) is 3.60. The van der Waals surface area contributed by atoms with Gasteiger partial charge in [0, 0.05) is 37.8 Å². The zero-order valence-corrected chi connectivity index (χ0v) is 21.5. The van der Waals surface area contributed by atoms with E-state index in [1.54, 1.807) is 4.90 Å². The lowest BCUT2D eigenvalue weighted by Crippen LogP contribution is -2.49. The van der Waals surface area contributed by atoms with Gasteiger partial charge in [0.1, 0.15) is 5.75 Å². The van der Waals surface area contributed by atoms with Crippen molar-refractivity contribution in [3.05, 3.63) is 65.7 Å². The molecular weight excluding hydrogens is 495 g/mol. The number of likely N-dealkylation sites (tertiary alicyclic amines) is 2. The largest absolute Gasteiger partial charge is 0.573 e. The highest BCUT2D eigenvalue weighted by Gasteiger charge is 2.46. The molecule has 2 atom stereocenters. The van der Waals surface area contributed by atoms with Crippen molar-refractivity contribution in [3.8, 4) is 5.75 Å². The van der Waals surface area contributed by atoms with Crippen molar-refractivity contribution in [2.45, 2.75) is 57.5 Å². The lowest BCUT2D eigenvalue weighted by molar-refractivity contribution is -0.274. The highest BCUT2D eigenvalue weighted by Crippen LogP contribution is 2.42. The molecule has 3 aliphatic rings. The summed E-state index contributed by atoms with van der Waals surface area (Å²) in [5.41, 5.74) is 1.52. The molecule has 1 aliphatic carbocycles. The quantitative estimate of drug-likeness (QED) is 0.538. The van der Waals surface area contributed by atoms with E-state index >= 15 is 0 Å². The van der Waals surface area contributed by atoms with Gasteiger partial charge in [-0.2, -0.15) is 0 Å². The maximum absolute atomic E-state index is 13.6. The molecule has 1 saturated carbocycles. The predicted octanol–water partition coefficient (Wildman–Crippen LogP) is 5.17. The van der Waals surface area contributed by atoms with Gasteiger partial charge in [0.25, 0.3) is 5.91 Å². The number of hydrogen-bond acceptors (Lipinski definition) is 4. The first-order chi connectivity index (χ1) is 18.1. The monoisotopic (exact) mass is 529 g/mol. The van der Waals surface area contributed by atoms with E-state index < -0.39 is 6.36 Å². The summed E-state index contributed by atoms with van der Waals surface area (Å²) in [6.45, 7) is 4.68. The number of nitrogens with zero attached hydrogens (tertiary/aromatic N) is 2. The van der Waals surface area contributed by atoms with Gasteiger partial charge in [-0.05, 0) is 80.2 Å². The van der Waals surface area contributed by atoms with Crippen LogP contribution in [0.2, 0.25) is 0 Å². The van der Waals surface area contributed by atoms with E-state index in [0.717, 1.165) is 50.8 Å². The van der Waals surface area contributed by atoms with Gasteiger partial charge < -0.3 is 14.5 Å². The van der Waals surface area contributed by atoms with Gasteiger partial charge in [0.2, 0.25) is 5.91 Å². The number of piperidine rings is 1. The minimum atomic E-state index is -4.77. The fourth-order valence-electron chi connectivity index (χ4n) is 5.84. The summed E-state index contributed by atoms with van der Waals surface area (Å²) in [7, 11) is 0. The molecule has 2 saturated heterocycles. The van der Waals surface area contributed by atoms with Crippen LogP contribution in [0, 0.1) is 11.3 Å². The van der Waals surface area contributed by atoms with Crippen LogP contribution in [0.4, 0.5) is 13.2 Å². The van der Waals surface area contributed by atoms with Crippen molar-refractivity contribution in [1.29, 1.82) is 0 Å². The minimum absolute atomic E-state index is 0.00991. The zero-order chi connectivity index (χ0) is 26.9. The Morgan fingerprint density at radius 3 is 2.13 bits per heavy atom. The van der Waals surface area contributed by atoms with E-state index in [1.165, 1.54) is 17.7 Å². The molecule has 38 heavy (non-hydrogen) atoms. The van der Waals surface area contributed by atoms with E-state index in [-0.39, 0.29) is 35.1 Å². The van der Waals surface area contributed by atoms with Gasteiger partial charge in [-0.25, -0.2) is 0 Å². The highest BCUT2D eigenvalue weighted by atomic mass is 19.4. The van der Waals surface area contributed by atoms with E-state index in [4.69, 9.17) is 0 Å². The molecule has 2 amide bonds. The number of halogens is 3. The molecule has 0 radical (unpaired) electrons. The number of rotatable bonds is 7. The predicted molar refractivity (Wildman–Crippen MR) is 136 cm³/mol. The molecule has 2 aromatic carbocycles. The number of carbonyl (C=O) groups excluding carboxylic acids is 2. The van der Waals surface area contributed by atoms with Crippen molar-refractivity contribution < 1.29 is 27.5 Å². The summed E-state index contributed by atoms with van der Waals surface area (Å²) in [4.78, 5) is 30.3. The zero-order valence-electron chi connectivity index (χ0n) is 21.5. The lowest BCUT2D eigenvalue weighted by Gasteiger charge is -2.39. The number of nitrogens with one attached hydrogen (secondary N) is 1. The topological polar surface area (TPSA) is 61.9 Å². The van der Waals surface area contributed by atoms with Gasteiger partial charge >= 0.3 is 6.36 Å². The van der Waals surface area contributed by atoms with Crippen LogP contribution in [0.5, 0.6) is 5.75 Å². The van der Waals surface area contributed by atoms with Gasteiger partial charge in [-0.3, -0.25) is 14.9 Å². The van der Waals surface area contributed by atoms with Crippen LogP contribution < -0.4 is 10.1 Å².